The van der Waals surface area contributed by atoms with Gasteiger partial charge in [0.05, 0.1) is 5.56 Å². The van der Waals surface area contributed by atoms with E-state index in [1.807, 2.05) is 0 Å². The summed E-state index contributed by atoms with van der Waals surface area (Å²) in [5, 5.41) is 0. The first-order valence-corrected chi connectivity index (χ1v) is 4.42. The molecule has 0 aliphatic carbocycles. The topological polar surface area (TPSA) is 55.4 Å². The largest absolute Gasteiger partial charge is 0.398 e. The summed E-state index contributed by atoms with van der Waals surface area (Å²) in [5.41, 5.74) is 5.30. The van der Waals surface area contributed by atoms with Crippen LogP contribution in [-0.2, 0) is 0 Å². The van der Waals surface area contributed by atoms with Gasteiger partial charge < -0.3 is 5.73 Å². The van der Waals surface area contributed by atoms with Crippen LogP contribution in [0.4, 0.5) is 8.78 Å². The highest BCUT2D eigenvalue weighted by molar-refractivity contribution is 5.84. The van der Waals surface area contributed by atoms with Gasteiger partial charge in [0.2, 0.25) is 0 Å². The maximum absolute atomic E-state index is 13.2. The summed E-state index contributed by atoms with van der Waals surface area (Å²) >= 11 is 0. The third-order valence-corrected chi connectivity index (χ3v) is 1.93. The van der Waals surface area contributed by atoms with Gasteiger partial charge in [0.25, 0.3) is 0 Å². The first kappa shape index (κ1) is 12.0. The molecule has 1 aromatic carbocycles. The number of hydrogen-bond donors (Lipinski definition) is 1. The van der Waals surface area contributed by atoms with Gasteiger partial charge in [-0.15, -0.1) is 0 Å². The normalized spacial score (nSPS) is 12.1. The fourth-order valence-corrected chi connectivity index (χ4v) is 1.11. The van der Waals surface area contributed by atoms with Crippen molar-refractivity contribution in [1.29, 1.82) is 0 Å². The van der Waals surface area contributed by atoms with Crippen molar-refractivity contribution in [3.05, 3.63) is 41.0 Å². The zero-order valence-corrected chi connectivity index (χ0v) is 8.58. The lowest BCUT2D eigenvalue weighted by atomic mass is 10.1. The van der Waals surface area contributed by atoms with E-state index < -0.39 is 17.2 Å². The van der Waals surface area contributed by atoms with Crippen molar-refractivity contribution in [2.75, 3.05) is 7.05 Å². The van der Waals surface area contributed by atoms with Gasteiger partial charge in [-0.3, -0.25) is 9.79 Å². The molecule has 0 saturated heterocycles. The number of hydrogen-bond acceptors (Lipinski definition) is 3. The van der Waals surface area contributed by atoms with Gasteiger partial charge in [0.1, 0.15) is 11.6 Å². The van der Waals surface area contributed by atoms with Gasteiger partial charge in [-0.2, -0.15) is 0 Å². The summed E-state index contributed by atoms with van der Waals surface area (Å²) in [6, 6.07) is 2.00. The number of aldehydes is 1. The van der Waals surface area contributed by atoms with Crippen molar-refractivity contribution >= 4 is 18.2 Å². The fraction of sp³-hybridized carbons (Fsp3) is 0.0909. The molecule has 0 aliphatic heterocycles. The van der Waals surface area contributed by atoms with Gasteiger partial charge in [-0.05, 0) is 18.2 Å². The van der Waals surface area contributed by atoms with Crippen LogP contribution >= 0.6 is 0 Å². The summed E-state index contributed by atoms with van der Waals surface area (Å²) < 4.78 is 26.4. The molecule has 2 N–H and O–H groups in total. The van der Waals surface area contributed by atoms with Crippen molar-refractivity contribution in [2.45, 2.75) is 0 Å². The van der Waals surface area contributed by atoms with Crippen molar-refractivity contribution in [1.82, 2.24) is 0 Å². The molecule has 0 fully saturated rings. The SMILES string of the molecule is CN=CC=C(N)c1cc(F)c(C=O)c(F)c1. The third-order valence-electron chi connectivity index (χ3n) is 1.93. The van der Waals surface area contributed by atoms with E-state index in [-0.39, 0.29) is 17.5 Å². The summed E-state index contributed by atoms with van der Waals surface area (Å²) in [6.45, 7) is 0. The highest BCUT2D eigenvalue weighted by Crippen LogP contribution is 2.17. The Morgan fingerprint density at radius 2 is 1.94 bits per heavy atom. The molecular weight excluding hydrogens is 214 g/mol. The predicted octanol–water partition coefficient (Wildman–Crippen LogP) is 1.78. The lowest BCUT2D eigenvalue weighted by molar-refractivity contribution is 0.111. The number of halogens is 2. The molecule has 0 aliphatic rings. The van der Waals surface area contributed by atoms with Gasteiger partial charge >= 0.3 is 0 Å². The molecular formula is C11H10F2N2O. The zero-order chi connectivity index (χ0) is 12.1. The van der Waals surface area contributed by atoms with Crippen molar-refractivity contribution in [3.63, 3.8) is 0 Å². The number of rotatable bonds is 3. The van der Waals surface area contributed by atoms with Crippen LogP contribution in [0.5, 0.6) is 0 Å². The smallest absolute Gasteiger partial charge is 0.155 e. The van der Waals surface area contributed by atoms with E-state index in [2.05, 4.69) is 4.99 Å². The minimum Gasteiger partial charge on any atom is -0.398 e. The minimum atomic E-state index is -0.935. The number of carbonyl (C=O) groups excluding carboxylic acids is 1. The van der Waals surface area contributed by atoms with E-state index in [4.69, 9.17) is 5.73 Å². The average molecular weight is 224 g/mol. The number of nitrogens with two attached hydrogens (primary N) is 1. The van der Waals surface area contributed by atoms with Crippen LogP contribution in [0.25, 0.3) is 5.70 Å². The number of carbonyl (C=O) groups is 1. The predicted molar refractivity (Wildman–Crippen MR) is 58.3 cm³/mol. The monoisotopic (exact) mass is 224 g/mol. The molecule has 3 nitrogen and oxygen atoms in total. The van der Waals surface area contributed by atoms with Crippen LogP contribution in [0.2, 0.25) is 0 Å². The molecule has 16 heavy (non-hydrogen) atoms. The van der Waals surface area contributed by atoms with E-state index in [0.29, 0.717) is 0 Å². The Bertz CT molecular complexity index is 444. The molecule has 0 bridgehead atoms. The molecule has 0 amide bonds. The number of allylic oxidation sites excluding steroid dienone is 1. The van der Waals surface area contributed by atoms with Crippen LogP contribution < -0.4 is 5.73 Å². The minimum absolute atomic E-state index is 0.127. The average Bonchev–Trinajstić information content (AvgIpc) is 2.25. The van der Waals surface area contributed by atoms with Crippen molar-refractivity contribution in [3.8, 4) is 0 Å². The lowest BCUT2D eigenvalue weighted by Gasteiger charge is -2.03. The fourth-order valence-electron chi connectivity index (χ4n) is 1.11. The number of nitrogens with zero attached hydrogens (tertiary/aromatic N) is 1. The van der Waals surface area contributed by atoms with E-state index >= 15 is 0 Å². The van der Waals surface area contributed by atoms with E-state index in [0.717, 1.165) is 12.1 Å². The van der Waals surface area contributed by atoms with Gasteiger partial charge in [0, 0.05) is 24.5 Å². The Balaban J connectivity index is 3.23. The van der Waals surface area contributed by atoms with Crippen LogP contribution in [-0.4, -0.2) is 19.5 Å². The first-order valence-electron chi connectivity index (χ1n) is 4.42. The molecule has 0 unspecified atom stereocenters. The highest BCUT2D eigenvalue weighted by atomic mass is 19.1. The van der Waals surface area contributed by atoms with Crippen molar-refractivity contribution < 1.29 is 13.6 Å². The standard InChI is InChI=1S/C11H10F2N2O/c1-15-3-2-11(14)7-4-9(12)8(6-16)10(13)5-7/h2-6H,14H2,1H3. The number of benzene rings is 1. The summed E-state index contributed by atoms with van der Waals surface area (Å²) in [4.78, 5) is 14.0. The summed E-state index contributed by atoms with van der Waals surface area (Å²) in [6.07, 6.45) is 2.94. The Morgan fingerprint density at radius 3 is 2.38 bits per heavy atom. The molecule has 0 heterocycles. The molecule has 0 spiro atoms. The van der Waals surface area contributed by atoms with Crippen molar-refractivity contribution in [2.24, 2.45) is 10.7 Å². The highest BCUT2D eigenvalue weighted by Gasteiger charge is 2.10. The quantitative estimate of drug-likeness (QED) is 0.628. The van der Waals surface area contributed by atoms with Crippen LogP contribution in [0, 0.1) is 11.6 Å². The maximum atomic E-state index is 13.2. The molecule has 1 rings (SSSR count). The van der Waals surface area contributed by atoms with Gasteiger partial charge in [0.15, 0.2) is 6.29 Å². The van der Waals surface area contributed by atoms with Crippen LogP contribution in [0.1, 0.15) is 15.9 Å². The molecule has 0 aromatic heterocycles. The molecule has 5 heteroatoms. The Kier molecular flexibility index (Phi) is 3.88. The van der Waals surface area contributed by atoms with E-state index in [1.165, 1.54) is 12.3 Å². The van der Waals surface area contributed by atoms with Gasteiger partial charge in [-0.25, -0.2) is 8.78 Å². The zero-order valence-electron chi connectivity index (χ0n) is 8.58. The van der Waals surface area contributed by atoms with E-state index in [1.54, 1.807) is 7.05 Å². The van der Waals surface area contributed by atoms with Crippen LogP contribution in [0.3, 0.4) is 0 Å². The molecule has 0 atom stereocenters. The molecule has 0 saturated carbocycles. The Morgan fingerprint density at radius 1 is 1.38 bits per heavy atom. The summed E-state index contributed by atoms with van der Waals surface area (Å²) in [7, 11) is 1.54. The maximum Gasteiger partial charge on any atom is 0.155 e. The lowest BCUT2D eigenvalue weighted by Crippen LogP contribution is -2.01. The number of aliphatic imine (C=N–C) groups is 1. The summed E-state index contributed by atoms with van der Waals surface area (Å²) in [5.74, 6) is -1.87. The second kappa shape index (κ2) is 5.16. The van der Waals surface area contributed by atoms with E-state index in [9.17, 15) is 13.6 Å². The van der Waals surface area contributed by atoms with Gasteiger partial charge in [-0.1, -0.05) is 0 Å². The van der Waals surface area contributed by atoms with Crippen LogP contribution in [0.15, 0.2) is 23.2 Å². The first-order chi connectivity index (χ1) is 7.60. The molecule has 84 valence electrons. The second-order valence-corrected chi connectivity index (χ2v) is 3.00. The molecule has 0 radical (unpaired) electrons. The molecule has 1 aromatic rings. The Hall–Kier alpha value is -2.04. The Labute approximate surface area is 91.3 Å². The second-order valence-electron chi connectivity index (χ2n) is 3.00. The third kappa shape index (κ3) is 2.50.